The van der Waals surface area contributed by atoms with E-state index in [4.69, 9.17) is 4.74 Å². The van der Waals surface area contributed by atoms with E-state index >= 15 is 0 Å². The van der Waals surface area contributed by atoms with E-state index in [-0.39, 0.29) is 13.2 Å². The Kier molecular flexibility index (Phi) is 34.5. The molecule has 0 atom stereocenters. The largest absolute Gasteiger partial charge is 0.453 e. The highest BCUT2D eigenvalue weighted by atomic mass is 32.3. The Labute approximate surface area is 224 Å². The van der Waals surface area contributed by atoms with Crippen LogP contribution in [0.15, 0.2) is 0 Å². The lowest BCUT2D eigenvalue weighted by atomic mass is 10.1. The van der Waals surface area contributed by atoms with Crippen molar-refractivity contribution in [2.45, 2.75) is 156 Å². The molecular formula is C28H60O7S. The summed E-state index contributed by atoms with van der Waals surface area (Å²) in [4.78, 5) is 8.20. The lowest BCUT2D eigenvalue weighted by Crippen LogP contribution is -2.11. The maximum Gasteiger partial charge on any atom is 0.453 e. The summed E-state index contributed by atoms with van der Waals surface area (Å²) in [5, 5.41) is 0. The second-order valence-corrected chi connectivity index (χ2v) is 10.4. The summed E-state index contributed by atoms with van der Waals surface area (Å²) in [5.41, 5.74) is 0. The van der Waals surface area contributed by atoms with Gasteiger partial charge in [-0.25, -0.2) is 9.78 Å². The van der Waals surface area contributed by atoms with Gasteiger partial charge in [-0.15, -0.1) is 0 Å². The van der Waals surface area contributed by atoms with Crippen LogP contribution in [0.2, 0.25) is 0 Å². The molecule has 0 amide bonds. The Hall–Kier alpha value is -0.250. The van der Waals surface area contributed by atoms with Crippen molar-refractivity contribution in [3.8, 4) is 0 Å². The van der Waals surface area contributed by atoms with Crippen molar-refractivity contribution in [3.63, 3.8) is 0 Å². The lowest BCUT2D eigenvalue weighted by molar-refractivity contribution is -0.254. The third-order valence-corrected chi connectivity index (χ3v) is 6.31. The van der Waals surface area contributed by atoms with Crippen LogP contribution < -0.4 is 0 Å². The molecule has 0 aromatic heterocycles. The molecule has 0 aromatic rings. The van der Waals surface area contributed by atoms with E-state index in [2.05, 4.69) is 32.3 Å². The highest BCUT2D eigenvalue weighted by molar-refractivity contribution is 7.81. The molecule has 0 aliphatic carbocycles. The van der Waals surface area contributed by atoms with Gasteiger partial charge >= 0.3 is 10.4 Å². The third kappa shape index (κ3) is 35.9. The molecule has 0 unspecified atom stereocenters. The molecule has 0 aliphatic heterocycles. The van der Waals surface area contributed by atoms with E-state index in [0.717, 1.165) is 13.2 Å². The lowest BCUT2D eigenvalue weighted by Gasteiger charge is -2.05. The Morgan fingerprint density at radius 3 is 0.972 bits per heavy atom. The molecule has 0 heterocycles. The van der Waals surface area contributed by atoms with Crippen molar-refractivity contribution in [1.29, 1.82) is 0 Å². The topological polar surface area (TPSA) is 80.3 Å². The first-order chi connectivity index (χ1) is 17.5. The molecule has 0 radical (unpaired) electrons. The van der Waals surface area contributed by atoms with Gasteiger partial charge in [0.05, 0.1) is 13.2 Å². The molecule has 36 heavy (non-hydrogen) atoms. The van der Waals surface area contributed by atoms with Gasteiger partial charge in [-0.1, -0.05) is 138 Å². The molecular weight excluding hydrogens is 480 g/mol. The number of ether oxygens (including phenoxy) is 1. The van der Waals surface area contributed by atoms with Crippen LogP contribution >= 0.6 is 0 Å². The predicted octanol–water partition coefficient (Wildman–Crippen LogP) is 9.01. The highest BCUT2D eigenvalue weighted by Crippen LogP contribution is 2.12. The zero-order valence-corrected chi connectivity index (χ0v) is 25.1. The molecule has 0 saturated carbocycles. The summed E-state index contributed by atoms with van der Waals surface area (Å²) in [7, 11) is -4.15. The average Bonchev–Trinajstić information content (AvgIpc) is 2.87. The summed E-state index contributed by atoms with van der Waals surface area (Å²) in [6, 6.07) is 0. The Bertz CT molecular complexity index is 450. The Balaban J connectivity index is 0. The van der Waals surface area contributed by atoms with Gasteiger partial charge in [0.1, 0.15) is 0 Å². The van der Waals surface area contributed by atoms with Crippen molar-refractivity contribution in [2.75, 3.05) is 26.4 Å². The van der Waals surface area contributed by atoms with Gasteiger partial charge < -0.3 is 4.74 Å². The fraction of sp³-hybridized carbons (Fsp3) is 1.00. The van der Waals surface area contributed by atoms with Gasteiger partial charge in [0.15, 0.2) is 0 Å². The zero-order chi connectivity index (χ0) is 27.0. The molecule has 0 aromatic carbocycles. The molecule has 0 rings (SSSR count). The maximum atomic E-state index is 10.5. The smallest absolute Gasteiger partial charge is 0.381 e. The van der Waals surface area contributed by atoms with Crippen LogP contribution in [0.3, 0.4) is 0 Å². The van der Waals surface area contributed by atoms with Gasteiger partial charge in [-0.05, 0) is 26.7 Å². The van der Waals surface area contributed by atoms with E-state index in [1.807, 2.05) is 0 Å². The van der Waals surface area contributed by atoms with E-state index in [0.29, 0.717) is 0 Å². The number of rotatable bonds is 28. The summed E-state index contributed by atoms with van der Waals surface area (Å²) < 4.78 is 34.3. The minimum absolute atomic E-state index is 0.106. The molecule has 8 heteroatoms. The van der Waals surface area contributed by atoms with Crippen LogP contribution in [-0.2, 0) is 33.6 Å². The normalized spacial score (nSPS) is 11.4. The third-order valence-electron chi connectivity index (χ3n) is 5.78. The summed E-state index contributed by atoms with van der Waals surface area (Å²) in [6.07, 6.45) is 28.2. The molecule has 0 aliphatic rings. The fourth-order valence-corrected chi connectivity index (χ4v) is 4.16. The number of hydrogen-bond acceptors (Lipinski definition) is 7. The van der Waals surface area contributed by atoms with Crippen LogP contribution in [0.25, 0.3) is 0 Å². The molecule has 0 fully saturated rings. The van der Waals surface area contributed by atoms with Crippen LogP contribution in [0.1, 0.15) is 156 Å². The average molecular weight is 541 g/mol. The standard InChI is InChI=1S/C24H50O.C4H10O6S/c1-3-5-7-9-11-13-15-17-19-21-23-25-24-22-20-18-16-14-12-10-8-6-4-2;1-3-7-9-11(5,6)10-8-4-2/h3-24H2,1-2H3;3-4H2,1-2H3. The van der Waals surface area contributed by atoms with Crippen molar-refractivity contribution in [3.05, 3.63) is 0 Å². The Morgan fingerprint density at radius 1 is 0.417 bits per heavy atom. The van der Waals surface area contributed by atoms with Crippen LogP contribution in [0.5, 0.6) is 0 Å². The molecule has 7 nitrogen and oxygen atoms in total. The summed E-state index contributed by atoms with van der Waals surface area (Å²) >= 11 is 0. The van der Waals surface area contributed by atoms with E-state index in [1.54, 1.807) is 13.8 Å². The first-order valence-corrected chi connectivity index (χ1v) is 16.3. The quantitative estimate of drug-likeness (QED) is 0.0556. The number of hydrogen-bond donors (Lipinski definition) is 0. The summed E-state index contributed by atoms with van der Waals surface area (Å²) in [5.74, 6) is 0. The van der Waals surface area contributed by atoms with Gasteiger partial charge in [0, 0.05) is 13.2 Å². The van der Waals surface area contributed by atoms with Crippen molar-refractivity contribution < 1.29 is 31.6 Å². The molecule has 0 spiro atoms. The predicted molar refractivity (Wildman–Crippen MR) is 149 cm³/mol. The highest BCUT2D eigenvalue weighted by Gasteiger charge is 2.13. The first-order valence-electron chi connectivity index (χ1n) is 15.0. The van der Waals surface area contributed by atoms with Crippen molar-refractivity contribution in [1.82, 2.24) is 0 Å². The van der Waals surface area contributed by atoms with E-state index < -0.39 is 10.4 Å². The van der Waals surface area contributed by atoms with Gasteiger partial charge in [-0.2, -0.15) is 8.42 Å². The van der Waals surface area contributed by atoms with Crippen LogP contribution in [0.4, 0.5) is 0 Å². The summed E-state index contributed by atoms with van der Waals surface area (Å²) in [6.45, 7) is 9.91. The van der Waals surface area contributed by atoms with Crippen molar-refractivity contribution in [2.24, 2.45) is 0 Å². The fourth-order valence-electron chi connectivity index (χ4n) is 3.71. The minimum atomic E-state index is -4.15. The molecule has 0 saturated heterocycles. The van der Waals surface area contributed by atoms with Crippen molar-refractivity contribution >= 4 is 10.4 Å². The van der Waals surface area contributed by atoms with E-state index in [1.165, 1.54) is 128 Å². The SMILES string of the molecule is CCCCCCCCCCCCOCCCCCCCCCCCC.CCOOS(=O)(=O)OOCC. The van der Waals surface area contributed by atoms with Gasteiger partial charge in [-0.3, -0.25) is 0 Å². The molecule has 0 bridgehead atoms. The van der Waals surface area contributed by atoms with Gasteiger partial charge in [0.2, 0.25) is 0 Å². The second kappa shape index (κ2) is 32.8. The zero-order valence-electron chi connectivity index (χ0n) is 24.2. The van der Waals surface area contributed by atoms with Crippen LogP contribution in [-0.4, -0.2) is 34.8 Å². The number of unbranched alkanes of at least 4 members (excludes halogenated alkanes) is 18. The monoisotopic (exact) mass is 540 g/mol. The van der Waals surface area contributed by atoms with Gasteiger partial charge in [0.25, 0.3) is 0 Å². The Morgan fingerprint density at radius 2 is 0.694 bits per heavy atom. The maximum absolute atomic E-state index is 10.5. The molecule has 0 N–H and O–H groups in total. The van der Waals surface area contributed by atoms with E-state index in [9.17, 15) is 8.42 Å². The first kappa shape index (κ1) is 37.9. The minimum Gasteiger partial charge on any atom is -0.381 e. The molecule has 220 valence electrons. The second-order valence-electron chi connectivity index (χ2n) is 9.33. The van der Waals surface area contributed by atoms with Crippen LogP contribution in [0, 0.1) is 0 Å².